The Morgan fingerprint density at radius 2 is 2.50 bits per heavy atom. The molecule has 1 fully saturated rings. The standard InChI is InChI=1S/C12H21N3O/c1-2-15-7-6-14-12(15)11(13)9-10-5-3-4-8-16-10/h6-7,10-11H,2-5,8-9,13H2,1H3. The second-order valence-corrected chi connectivity index (χ2v) is 4.40. The average molecular weight is 223 g/mol. The molecule has 0 radical (unpaired) electrons. The van der Waals surface area contributed by atoms with Crippen molar-refractivity contribution < 1.29 is 4.74 Å². The zero-order valence-corrected chi connectivity index (χ0v) is 9.93. The molecule has 2 heterocycles. The predicted octanol–water partition coefficient (Wildman–Crippen LogP) is 1.86. The molecule has 0 bridgehead atoms. The fourth-order valence-electron chi connectivity index (χ4n) is 2.30. The van der Waals surface area contributed by atoms with Crippen LogP contribution in [-0.4, -0.2) is 22.3 Å². The molecule has 90 valence electrons. The fraction of sp³-hybridized carbons (Fsp3) is 0.750. The molecular weight excluding hydrogens is 202 g/mol. The first-order valence-corrected chi connectivity index (χ1v) is 6.19. The van der Waals surface area contributed by atoms with E-state index in [-0.39, 0.29) is 6.04 Å². The van der Waals surface area contributed by atoms with E-state index in [1.165, 1.54) is 12.8 Å². The minimum Gasteiger partial charge on any atom is -0.378 e. The highest BCUT2D eigenvalue weighted by molar-refractivity contribution is 4.99. The zero-order valence-electron chi connectivity index (χ0n) is 9.93. The molecule has 2 rings (SSSR count). The molecule has 1 saturated heterocycles. The lowest BCUT2D eigenvalue weighted by atomic mass is 10.0. The molecule has 1 aromatic rings. The lowest BCUT2D eigenvalue weighted by Gasteiger charge is -2.25. The van der Waals surface area contributed by atoms with Gasteiger partial charge >= 0.3 is 0 Å². The Kier molecular flexibility index (Phi) is 3.96. The number of rotatable bonds is 4. The highest BCUT2D eigenvalue weighted by Crippen LogP contribution is 2.22. The van der Waals surface area contributed by atoms with E-state index >= 15 is 0 Å². The Balaban J connectivity index is 1.93. The highest BCUT2D eigenvalue weighted by Gasteiger charge is 2.20. The normalized spacial score (nSPS) is 23.2. The summed E-state index contributed by atoms with van der Waals surface area (Å²) in [6.45, 7) is 3.92. The van der Waals surface area contributed by atoms with E-state index in [9.17, 15) is 0 Å². The van der Waals surface area contributed by atoms with E-state index in [0.29, 0.717) is 6.10 Å². The Morgan fingerprint density at radius 1 is 1.62 bits per heavy atom. The van der Waals surface area contributed by atoms with Crippen LogP contribution in [0.15, 0.2) is 12.4 Å². The van der Waals surface area contributed by atoms with Gasteiger partial charge in [-0.25, -0.2) is 4.98 Å². The number of hydrogen-bond donors (Lipinski definition) is 1. The Hall–Kier alpha value is -0.870. The van der Waals surface area contributed by atoms with Crippen LogP contribution < -0.4 is 5.73 Å². The summed E-state index contributed by atoms with van der Waals surface area (Å²) >= 11 is 0. The Labute approximate surface area is 96.8 Å². The quantitative estimate of drug-likeness (QED) is 0.847. The van der Waals surface area contributed by atoms with Crippen molar-refractivity contribution in [3.8, 4) is 0 Å². The van der Waals surface area contributed by atoms with Crippen LogP contribution in [0.4, 0.5) is 0 Å². The van der Waals surface area contributed by atoms with Gasteiger partial charge in [0.1, 0.15) is 5.82 Å². The molecule has 1 aliphatic rings. The molecule has 1 aromatic heterocycles. The minimum atomic E-state index is -0.00181. The van der Waals surface area contributed by atoms with Gasteiger partial charge in [-0.05, 0) is 32.6 Å². The van der Waals surface area contributed by atoms with Gasteiger partial charge in [0, 0.05) is 25.5 Å². The average Bonchev–Trinajstić information content (AvgIpc) is 2.78. The molecule has 1 aliphatic heterocycles. The van der Waals surface area contributed by atoms with E-state index in [0.717, 1.165) is 31.8 Å². The lowest BCUT2D eigenvalue weighted by molar-refractivity contribution is 0.00669. The molecular formula is C12H21N3O. The van der Waals surface area contributed by atoms with Gasteiger partial charge in [-0.1, -0.05) is 0 Å². The van der Waals surface area contributed by atoms with Crippen molar-refractivity contribution >= 4 is 0 Å². The highest BCUT2D eigenvalue weighted by atomic mass is 16.5. The minimum absolute atomic E-state index is 0.00181. The number of aryl methyl sites for hydroxylation is 1. The third kappa shape index (κ3) is 2.62. The summed E-state index contributed by atoms with van der Waals surface area (Å²) in [5, 5.41) is 0. The van der Waals surface area contributed by atoms with Crippen LogP contribution in [-0.2, 0) is 11.3 Å². The van der Waals surface area contributed by atoms with E-state index in [2.05, 4.69) is 16.5 Å². The number of ether oxygens (including phenoxy) is 1. The second-order valence-electron chi connectivity index (χ2n) is 4.40. The number of imidazole rings is 1. The van der Waals surface area contributed by atoms with Gasteiger partial charge in [0.05, 0.1) is 12.1 Å². The van der Waals surface area contributed by atoms with Crippen LogP contribution in [0.1, 0.15) is 44.5 Å². The van der Waals surface area contributed by atoms with Gasteiger partial charge in [0.25, 0.3) is 0 Å². The monoisotopic (exact) mass is 223 g/mol. The third-order valence-electron chi connectivity index (χ3n) is 3.21. The number of aromatic nitrogens is 2. The SMILES string of the molecule is CCn1ccnc1C(N)CC1CCCCO1. The maximum atomic E-state index is 6.18. The van der Waals surface area contributed by atoms with Gasteiger partial charge in [-0.2, -0.15) is 0 Å². The molecule has 0 spiro atoms. The first kappa shape index (κ1) is 11.6. The van der Waals surface area contributed by atoms with Gasteiger partial charge < -0.3 is 15.0 Å². The number of nitrogens with zero attached hydrogens (tertiary/aromatic N) is 2. The first-order valence-electron chi connectivity index (χ1n) is 6.19. The largest absolute Gasteiger partial charge is 0.378 e. The summed E-state index contributed by atoms with van der Waals surface area (Å²) in [6.07, 6.45) is 8.61. The second kappa shape index (κ2) is 5.46. The van der Waals surface area contributed by atoms with Crippen LogP contribution >= 0.6 is 0 Å². The van der Waals surface area contributed by atoms with Gasteiger partial charge in [0.2, 0.25) is 0 Å². The summed E-state index contributed by atoms with van der Waals surface area (Å²) in [7, 11) is 0. The van der Waals surface area contributed by atoms with Crippen molar-refractivity contribution in [3.05, 3.63) is 18.2 Å². The molecule has 4 nitrogen and oxygen atoms in total. The summed E-state index contributed by atoms with van der Waals surface area (Å²) in [4.78, 5) is 4.33. The first-order chi connectivity index (χ1) is 7.81. The van der Waals surface area contributed by atoms with Crippen molar-refractivity contribution in [2.75, 3.05) is 6.61 Å². The smallest absolute Gasteiger partial charge is 0.125 e. The van der Waals surface area contributed by atoms with E-state index in [1.807, 2.05) is 12.4 Å². The summed E-state index contributed by atoms with van der Waals surface area (Å²) in [5.74, 6) is 0.983. The van der Waals surface area contributed by atoms with Crippen LogP contribution in [0.25, 0.3) is 0 Å². The van der Waals surface area contributed by atoms with Crippen LogP contribution in [0.5, 0.6) is 0 Å². The van der Waals surface area contributed by atoms with Gasteiger partial charge in [-0.3, -0.25) is 0 Å². The van der Waals surface area contributed by atoms with Crippen LogP contribution in [0.3, 0.4) is 0 Å². The van der Waals surface area contributed by atoms with E-state index < -0.39 is 0 Å². The molecule has 2 N–H and O–H groups in total. The Morgan fingerprint density at radius 3 is 3.19 bits per heavy atom. The summed E-state index contributed by atoms with van der Waals surface area (Å²) in [5.41, 5.74) is 6.18. The van der Waals surface area contributed by atoms with Crippen molar-refractivity contribution in [2.45, 2.75) is 51.3 Å². The molecule has 0 aromatic carbocycles. The van der Waals surface area contributed by atoms with Crippen LogP contribution in [0, 0.1) is 0 Å². The van der Waals surface area contributed by atoms with Crippen LogP contribution in [0.2, 0.25) is 0 Å². The molecule has 0 aliphatic carbocycles. The Bertz CT molecular complexity index is 318. The molecule has 2 unspecified atom stereocenters. The molecule has 0 amide bonds. The van der Waals surface area contributed by atoms with Gasteiger partial charge in [0.15, 0.2) is 0 Å². The topological polar surface area (TPSA) is 53.1 Å². The number of hydrogen-bond acceptors (Lipinski definition) is 3. The van der Waals surface area contributed by atoms with Crippen molar-refractivity contribution in [2.24, 2.45) is 5.73 Å². The fourth-order valence-corrected chi connectivity index (χ4v) is 2.30. The third-order valence-corrected chi connectivity index (χ3v) is 3.21. The van der Waals surface area contributed by atoms with Crippen molar-refractivity contribution in [3.63, 3.8) is 0 Å². The lowest BCUT2D eigenvalue weighted by Crippen LogP contribution is -2.26. The molecule has 0 saturated carbocycles. The van der Waals surface area contributed by atoms with Crippen molar-refractivity contribution in [1.29, 1.82) is 0 Å². The maximum absolute atomic E-state index is 6.18. The molecule has 2 atom stereocenters. The summed E-state index contributed by atoms with van der Waals surface area (Å²) in [6, 6.07) is -0.00181. The number of nitrogens with two attached hydrogens (primary N) is 1. The molecule has 4 heteroatoms. The van der Waals surface area contributed by atoms with E-state index in [1.54, 1.807) is 0 Å². The van der Waals surface area contributed by atoms with Gasteiger partial charge in [-0.15, -0.1) is 0 Å². The molecule has 16 heavy (non-hydrogen) atoms. The van der Waals surface area contributed by atoms with E-state index in [4.69, 9.17) is 10.5 Å². The zero-order chi connectivity index (χ0) is 11.4. The maximum Gasteiger partial charge on any atom is 0.125 e. The predicted molar refractivity (Wildman–Crippen MR) is 63.0 cm³/mol. The summed E-state index contributed by atoms with van der Waals surface area (Å²) < 4.78 is 7.81. The van der Waals surface area contributed by atoms with Crippen molar-refractivity contribution in [1.82, 2.24) is 9.55 Å².